The Morgan fingerprint density at radius 3 is 2.69 bits per heavy atom. The van der Waals surface area contributed by atoms with Gasteiger partial charge in [-0.3, -0.25) is 14.9 Å². The Bertz CT molecular complexity index is 922. The Labute approximate surface area is 151 Å². The van der Waals surface area contributed by atoms with Gasteiger partial charge >= 0.3 is 6.03 Å². The van der Waals surface area contributed by atoms with E-state index in [0.717, 1.165) is 12.8 Å². The van der Waals surface area contributed by atoms with E-state index in [-0.39, 0.29) is 12.1 Å². The van der Waals surface area contributed by atoms with Crippen molar-refractivity contribution in [1.82, 2.24) is 10.2 Å². The molecule has 132 valence electrons. The molecule has 1 saturated heterocycles. The molecule has 2 aliphatic heterocycles. The SMILES string of the molecule is Cc1ccccc1[C@@H]1CCCN1C(=O)Nc1ccc2c(c1)C(=O)NC2=O. The zero-order valence-corrected chi connectivity index (χ0v) is 14.4. The molecule has 2 aromatic carbocycles. The largest absolute Gasteiger partial charge is 0.322 e. The third-order valence-corrected chi connectivity index (χ3v) is 5.05. The molecule has 0 saturated carbocycles. The molecule has 1 atom stereocenters. The minimum absolute atomic E-state index is 0.0514. The number of hydrogen-bond acceptors (Lipinski definition) is 3. The molecule has 26 heavy (non-hydrogen) atoms. The molecular weight excluding hydrogens is 330 g/mol. The van der Waals surface area contributed by atoms with Crippen molar-refractivity contribution in [2.45, 2.75) is 25.8 Å². The van der Waals surface area contributed by atoms with Crippen molar-refractivity contribution in [3.8, 4) is 0 Å². The number of nitrogens with zero attached hydrogens (tertiary/aromatic N) is 1. The number of rotatable bonds is 2. The van der Waals surface area contributed by atoms with Gasteiger partial charge in [0, 0.05) is 12.2 Å². The minimum atomic E-state index is -0.431. The molecule has 2 aliphatic rings. The van der Waals surface area contributed by atoms with Crippen LogP contribution in [0.5, 0.6) is 0 Å². The maximum Gasteiger partial charge on any atom is 0.322 e. The zero-order chi connectivity index (χ0) is 18.3. The summed E-state index contributed by atoms with van der Waals surface area (Å²) in [6, 6.07) is 12.7. The van der Waals surface area contributed by atoms with Crippen molar-refractivity contribution < 1.29 is 14.4 Å². The molecule has 0 unspecified atom stereocenters. The van der Waals surface area contributed by atoms with Crippen LogP contribution in [0.3, 0.4) is 0 Å². The summed E-state index contributed by atoms with van der Waals surface area (Å²) in [5, 5.41) is 5.12. The highest BCUT2D eigenvalue weighted by Crippen LogP contribution is 2.34. The molecule has 2 N–H and O–H groups in total. The van der Waals surface area contributed by atoms with E-state index in [4.69, 9.17) is 0 Å². The molecule has 1 fully saturated rings. The summed E-state index contributed by atoms with van der Waals surface area (Å²) in [5.74, 6) is -0.831. The molecular formula is C20H19N3O3. The van der Waals surface area contributed by atoms with Crippen molar-refractivity contribution >= 4 is 23.5 Å². The summed E-state index contributed by atoms with van der Waals surface area (Å²) in [7, 11) is 0. The first-order valence-corrected chi connectivity index (χ1v) is 8.67. The third kappa shape index (κ3) is 2.73. The van der Waals surface area contributed by atoms with Crippen LogP contribution in [0.1, 0.15) is 50.7 Å². The summed E-state index contributed by atoms with van der Waals surface area (Å²) in [4.78, 5) is 38.0. The van der Waals surface area contributed by atoms with Crippen LogP contribution in [0.15, 0.2) is 42.5 Å². The second-order valence-corrected chi connectivity index (χ2v) is 6.68. The zero-order valence-electron chi connectivity index (χ0n) is 14.4. The van der Waals surface area contributed by atoms with Gasteiger partial charge in [0.2, 0.25) is 0 Å². The lowest BCUT2D eigenvalue weighted by Gasteiger charge is -2.26. The molecule has 6 heteroatoms. The number of urea groups is 1. The lowest BCUT2D eigenvalue weighted by Crippen LogP contribution is -2.34. The topological polar surface area (TPSA) is 78.5 Å². The van der Waals surface area contributed by atoms with Gasteiger partial charge in [-0.15, -0.1) is 0 Å². The number of carbonyl (C=O) groups is 3. The van der Waals surface area contributed by atoms with Gasteiger partial charge in [0.25, 0.3) is 11.8 Å². The highest BCUT2D eigenvalue weighted by atomic mass is 16.2. The van der Waals surface area contributed by atoms with Crippen LogP contribution in [0.4, 0.5) is 10.5 Å². The van der Waals surface area contributed by atoms with Gasteiger partial charge in [-0.2, -0.15) is 0 Å². The number of carbonyl (C=O) groups excluding carboxylic acids is 3. The predicted molar refractivity (Wildman–Crippen MR) is 97.1 cm³/mol. The standard InChI is InChI=1S/C20H19N3O3/c1-12-5-2-3-6-14(12)17-7-4-10-23(17)20(26)21-13-8-9-15-16(11-13)19(25)22-18(15)24/h2-3,5-6,8-9,11,17H,4,7,10H2,1H3,(H,21,26)(H,22,24,25)/t17-/m0/s1. The fraction of sp³-hybridized carbons (Fsp3) is 0.250. The molecule has 2 aromatic rings. The number of benzene rings is 2. The highest BCUT2D eigenvalue weighted by molar-refractivity contribution is 6.22. The Kier molecular flexibility index (Phi) is 3.95. The van der Waals surface area contributed by atoms with Crippen molar-refractivity contribution in [2.75, 3.05) is 11.9 Å². The highest BCUT2D eigenvalue weighted by Gasteiger charge is 2.31. The number of anilines is 1. The summed E-state index contributed by atoms with van der Waals surface area (Å²) in [5.41, 5.74) is 3.48. The number of nitrogens with one attached hydrogen (secondary N) is 2. The van der Waals surface area contributed by atoms with Gasteiger partial charge in [-0.25, -0.2) is 4.79 Å². The summed E-state index contributed by atoms with van der Waals surface area (Å²) in [6.45, 7) is 2.74. The monoisotopic (exact) mass is 349 g/mol. The second-order valence-electron chi connectivity index (χ2n) is 6.68. The Morgan fingerprint density at radius 1 is 1.12 bits per heavy atom. The van der Waals surface area contributed by atoms with E-state index in [9.17, 15) is 14.4 Å². The number of aryl methyl sites for hydroxylation is 1. The first-order chi connectivity index (χ1) is 12.5. The average Bonchev–Trinajstić information content (AvgIpc) is 3.21. The molecule has 6 nitrogen and oxygen atoms in total. The van der Waals surface area contributed by atoms with Crippen LogP contribution in [-0.4, -0.2) is 29.3 Å². The number of imide groups is 1. The van der Waals surface area contributed by atoms with Crippen molar-refractivity contribution in [1.29, 1.82) is 0 Å². The molecule has 4 rings (SSSR count). The van der Waals surface area contributed by atoms with Gasteiger partial charge in [0.15, 0.2) is 0 Å². The molecule has 4 amide bonds. The molecule has 0 aliphatic carbocycles. The third-order valence-electron chi connectivity index (χ3n) is 5.05. The fourth-order valence-electron chi connectivity index (χ4n) is 3.73. The predicted octanol–water partition coefficient (Wildman–Crippen LogP) is 3.25. The van der Waals surface area contributed by atoms with Gasteiger partial charge in [-0.1, -0.05) is 24.3 Å². The van der Waals surface area contributed by atoms with Gasteiger partial charge < -0.3 is 10.2 Å². The number of amides is 4. The van der Waals surface area contributed by atoms with E-state index in [2.05, 4.69) is 29.7 Å². The van der Waals surface area contributed by atoms with Crippen LogP contribution in [-0.2, 0) is 0 Å². The molecule has 0 spiro atoms. The van der Waals surface area contributed by atoms with E-state index in [0.29, 0.717) is 23.4 Å². The van der Waals surface area contributed by atoms with Crippen LogP contribution < -0.4 is 10.6 Å². The smallest absolute Gasteiger partial charge is 0.317 e. The van der Waals surface area contributed by atoms with Crippen molar-refractivity contribution in [2.24, 2.45) is 0 Å². The average molecular weight is 349 g/mol. The lowest BCUT2D eigenvalue weighted by atomic mass is 9.99. The van der Waals surface area contributed by atoms with E-state index in [1.54, 1.807) is 18.2 Å². The van der Waals surface area contributed by atoms with Crippen LogP contribution in [0.25, 0.3) is 0 Å². The first kappa shape index (κ1) is 16.3. The van der Waals surface area contributed by atoms with Crippen LogP contribution in [0, 0.1) is 6.92 Å². The Hall–Kier alpha value is -3.15. The molecule has 2 heterocycles. The molecule has 0 bridgehead atoms. The Balaban J connectivity index is 1.55. The van der Waals surface area contributed by atoms with Crippen LogP contribution >= 0.6 is 0 Å². The van der Waals surface area contributed by atoms with Crippen molar-refractivity contribution in [3.05, 3.63) is 64.7 Å². The van der Waals surface area contributed by atoms with E-state index < -0.39 is 11.8 Å². The van der Waals surface area contributed by atoms with Crippen LogP contribution in [0.2, 0.25) is 0 Å². The summed E-state index contributed by atoms with van der Waals surface area (Å²) >= 11 is 0. The minimum Gasteiger partial charge on any atom is -0.317 e. The Morgan fingerprint density at radius 2 is 1.88 bits per heavy atom. The molecule has 0 aromatic heterocycles. The second kappa shape index (κ2) is 6.29. The van der Waals surface area contributed by atoms with Crippen molar-refractivity contribution in [3.63, 3.8) is 0 Å². The quantitative estimate of drug-likeness (QED) is 0.817. The van der Waals surface area contributed by atoms with Gasteiger partial charge in [-0.05, 0) is 49.1 Å². The van der Waals surface area contributed by atoms with Gasteiger partial charge in [0.1, 0.15) is 0 Å². The lowest BCUT2D eigenvalue weighted by molar-refractivity contribution is 0.0879. The van der Waals surface area contributed by atoms with Gasteiger partial charge in [0.05, 0.1) is 17.2 Å². The normalized spacial score (nSPS) is 18.7. The van der Waals surface area contributed by atoms with E-state index >= 15 is 0 Å². The van der Waals surface area contributed by atoms with E-state index in [1.807, 2.05) is 17.0 Å². The first-order valence-electron chi connectivity index (χ1n) is 8.67. The number of fused-ring (bicyclic) bond motifs is 1. The maximum atomic E-state index is 12.8. The fourth-order valence-corrected chi connectivity index (χ4v) is 3.73. The van der Waals surface area contributed by atoms with E-state index in [1.165, 1.54) is 11.1 Å². The molecule has 0 radical (unpaired) electrons. The summed E-state index contributed by atoms with van der Waals surface area (Å²) < 4.78 is 0. The number of hydrogen-bond donors (Lipinski definition) is 2. The summed E-state index contributed by atoms with van der Waals surface area (Å²) in [6.07, 6.45) is 1.88. The number of likely N-dealkylation sites (tertiary alicyclic amines) is 1. The maximum absolute atomic E-state index is 12.8.